The lowest BCUT2D eigenvalue weighted by Gasteiger charge is -2.17. The Hall–Kier alpha value is -3.66. The minimum Gasteiger partial charge on any atom is -0.467 e. The first kappa shape index (κ1) is 19.7. The topological polar surface area (TPSA) is 108 Å². The van der Waals surface area contributed by atoms with Crippen molar-refractivity contribution in [1.82, 2.24) is 5.32 Å². The first-order chi connectivity index (χ1) is 12.9. The van der Waals surface area contributed by atoms with Crippen molar-refractivity contribution >= 4 is 23.5 Å². The summed E-state index contributed by atoms with van der Waals surface area (Å²) >= 11 is 0. The van der Waals surface area contributed by atoms with Crippen molar-refractivity contribution in [3.05, 3.63) is 65.2 Å². The average molecular weight is 365 g/mol. The van der Waals surface area contributed by atoms with Gasteiger partial charge in [0.25, 0.3) is 5.91 Å². The maximum atomic E-state index is 12.6. The summed E-state index contributed by atoms with van der Waals surface area (Å²) in [5.41, 5.74) is 1.80. The van der Waals surface area contributed by atoms with E-state index in [1.54, 1.807) is 42.5 Å². The van der Waals surface area contributed by atoms with Gasteiger partial charge in [-0.05, 0) is 29.8 Å². The highest BCUT2D eigenvalue weighted by atomic mass is 16.5. The van der Waals surface area contributed by atoms with E-state index < -0.39 is 17.9 Å². The Kier molecular flexibility index (Phi) is 6.67. The number of nitriles is 1. The fourth-order valence-corrected chi connectivity index (χ4v) is 2.55. The molecule has 2 rings (SSSR count). The van der Waals surface area contributed by atoms with Gasteiger partial charge in [0.15, 0.2) is 0 Å². The first-order valence-electron chi connectivity index (χ1n) is 8.19. The number of benzene rings is 2. The largest absolute Gasteiger partial charge is 0.467 e. The molecular weight excluding hydrogens is 346 g/mol. The van der Waals surface area contributed by atoms with Crippen molar-refractivity contribution in [2.45, 2.75) is 19.4 Å². The van der Waals surface area contributed by atoms with E-state index in [0.717, 1.165) is 0 Å². The number of hydrogen-bond donors (Lipinski definition) is 2. The minimum absolute atomic E-state index is 0.119. The van der Waals surface area contributed by atoms with E-state index in [9.17, 15) is 19.6 Å². The molecule has 0 aliphatic heterocycles. The van der Waals surface area contributed by atoms with Crippen LogP contribution in [0.2, 0.25) is 0 Å². The zero-order chi connectivity index (χ0) is 19.8. The molecule has 1 atom stereocenters. The van der Waals surface area contributed by atoms with Gasteiger partial charge in [0, 0.05) is 24.6 Å². The average Bonchev–Trinajstić information content (AvgIpc) is 2.66. The Bertz CT molecular complexity index is 902. The molecule has 138 valence electrons. The second kappa shape index (κ2) is 9.15. The molecule has 0 spiro atoms. The van der Waals surface area contributed by atoms with Gasteiger partial charge in [0.05, 0.1) is 18.7 Å². The lowest BCUT2D eigenvalue weighted by molar-refractivity contribution is -0.142. The molecule has 7 heteroatoms. The molecule has 0 bridgehead atoms. The monoisotopic (exact) mass is 365 g/mol. The summed E-state index contributed by atoms with van der Waals surface area (Å²) in [5, 5.41) is 14.4. The lowest BCUT2D eigenvalue weighted by atomic mass is 10.0. The normalized spacial score (nSPS) is 11.0. The van der Waals surface area contributed by atoms with Crippen LogP contribution in [-0.2, 0) is 20.7 Å². The van der Waals surface area contributed by atoms with Gasteiger partial charge in [-0.25, -0.2) is 4.79 Å². The maximum absolute atomic E-state index is 12.6. The molecular formula is C20H19N3O4. The second-order valence-corrected chi connectivity index (χ2v) is 5.78. The standard InChI is InChI=1S/C20H19N3O4/c1-13(24)22-17-9-5-8-15(10-17)19(25)23-18(20(26)27-2)11-14-6-3-4-7-16(14)12-21/h3-10,18H,11H2,1-2H3,(H,22,24)(H,23,25)/t18-/m0/s1. The van der Waals surface area contributed by atoms with Crippen LogP contribution in [0.25, 0.3) is 0 Å². The van der Waals surface area contributed by atoms with Crippen molar-refractivity contribution in [3.63, 3.8) is 0 Å². The number of amides is 2. The number of methoxy groups -OCH3 is 1. The third-order valence-corrected chi connectivity index (χ3v) is 3.80. The van der Waals surface area contributed by atoms with Crippen LogP contribution in [0.15, 0.2) is 48.5 Å². The Morgan fingerprint density at radius 1 is 1.15 bits per heavy atom. The molecule has 27 heavy (non-hydrogen) atoms. The molecule has 0 aliphatic rings. The maximum Gasteiger partial charge on any atom is 0.328 e. The summed E-state index contributed by atoms with van der Waals surface area (Å²) in [6, 6.07) is 14.3. The number of hydrogen-bond acceptors (Lipinski definition) is 5. The van der Waals surface area contributed by atoms with Crippen LogP contribution < -0.4 is 10.6 Å². The summed E-state index contributed by atoms with van der Waals surface area (Å²) in [7, 11) is 1.23. The van der Waals surface area contributed by atoms with Crippen molar-refractivity contribution < 1.29 is 19.1 Å². The van der Waals surface area contributed by atoms with Crippen LogP contribution in [0.3, 0.4) is 0 Å². The van der Waals surface area contributed by atoms with Gasteiger partial charge in [-0.15, -0.1) is 0 Å². The van der Waals surface area contributed by atoms with E-state index in [4.69, 9.17) is 4.74 Å². The number of carbonyl (C=O) groups excluding carboxylic acids is 3. The number of esters is 1. The fourth-order valence-electron chi connectivity index (χ4n) is 2.55. The predicted octanol–water partition coefficient (Wildman–Crippen LogP) is 2.03. The van der Waals surface area contributed by atoms with Gasteiger partial charge in [-0.1, -0.05) is 24.3 Å². The van der Waals surface area contributed by atoms with E-state index in [2.05, 4.69) is 16.7 Å². The molecule has 0 saturated carbocycles. The number of nitrogens with zero attached hydrogens (tertiary/aromatic N) is 1. The van der Waals surface area contributed by atoms with Crippen molar-refractivity contribution in [1.29, 1.82) is 5.26 Å². The van der Waals surface area contributed by atoms with E-state index in [-0.39, 0.29) is 17.9 Å². The molecule has 0 aliphatic carbocycles. The van der Waals surface area contributed by atoms with Gasteiger partial charge in [0.1, 0.15) is 6.04 Å². The zero-order valence-corrected chi connectivity index (χ0v) is 15.0. The quantitative estimate of drug-likeness (QED) is 0.762. The number of anilines is 1. The van der Waals surface area contributed by atoms with Crippen molar-refractivity contribution in [2.75, 3.05) is 12.4 Å². The first-order valence-corrected chi connectivity index (χ1v) is 8.19. The molecule has 0 heterocycles. The Labute approximate surface area is 156 Å². The molecule has 0 fully saturated rings. The molecule has 2 aromatic carbocycles. The van der Waals surface area contributed by atoms with E-state index >= 15 is 0 Å². The van der Waals surface area contributed by atoms with Crippen LogP contribution in [0.5, 0.6) is 0 Å². The molecule has 2 amide bonds. The van der Waals surface area contributed by atoms with E-state index in [1.165, 1.54) is 20.1 Å². The van der Waals surface area contributed by atoms with E-state index in [1.807, 2.05) is 0 Å². The summed E-state index contributed by atoms with van der Waals surface area (Å²) in [4.78, 5) is 35.8. The lowest BCUT2D eigenvalue weighted by Crippen LogP contribution is -2.43. The Balaban J connectivity index is 2.21. The van der Waals surface area contributed by atoms with Crippen LogP contribution in [0.4, 0.5) is 5.69 Å². The molecule has 0 radical (unpaired) electrons. The molecule has 2 aromatic rings. The molecule has 2 N–H and O–H groups in total. The van der Waals surface area contributed by atoms with Gasteiger partial charge >= 0.3 is 5.97 Å². The van der Waals surface area contributed by atoms with Crippen molar-refractivity contribution in [3.8, 4) is 6.07 Å². The third kappa shape index (κ3) is 5.41. The number of ether oxygens (including phenoxy) is 1. The third-order valence-electron chi connectivity index (χ3n) is 3.80. The highest BCUT2D eigenvalue weighted by Gasteiger charge is 2.23. The number of carbonyl (C=O) groups is 3. The Morgan fingerprint density at radius 3 is 2.56 bits per heavy atom. The zero-order valence-electron chi connectivity index (χ0n) is 15.0. The molecule has 0 unspecified atom stereocenters. The van der Waals surface area contributed by atoms with E-state index in [0.29, 0.717) is 16.8 Å². The van der Waals surface area contributed by atoms with Crippen LogP contribution in [0, 0.1) is 11.3 Å². The smallest absolute Gasteiger partial charge is 0.328 e. The summed E-state index contributed by atoms with van der Waals surface area (Å²) in [6.45, 7) is 1.37. The van der Waals surface area contributed by atoms with Gasteiger partial charge < -0.3 is 15.4 Å². The molecule has 0 saturated heterocycles. The van der Waals surface area contributed by atoms with Crippen LogP contribution in [-0.4, -0.2) is 30.9 Å². The molecule has 0 aromatic heterocycles. The van der Waals surface area contributed by atoms with Gasteiger partial charge in [-0.3, -0.25) is 9.59 Å². The number of rotatable bonds is 6. The van der Waals surface area contributed by atoms with Gasteiger partial charge in [0.2, 0.25) is 5.91 Å². The second-order valence-electron chi connectivity index (χ2n) is 5.78. The SMILES string of the molecule is COC(=O)[C@H](Cc1ccccc1C#N)NC(=O)c1cccc(NC(C)=O)c1. The summed E-state index contributed by atoms with van der Waals surface area (Å²) in [6.07, 6.45) is 0.119. The van der Waals surface area contributed by atoms with Gasteiger partial charge in [-0.2, -0.15) is 5.26 Å². The summed E-state index contributed by atoms with van der Waals surface area (Å²) < 4.78 is 4.78. The van der Waals surface area contributed by atoms with Crippen molar-refractivity contribution in [2.24, 2.45) is 0 Å². The summed E-state index contributed by atoms with van der Waals surface area (Å²) in [5.74, 6) is -1.37. The molecule has 7 nitrogen and oxygen atoms in total. The minimum atomic E-state index is -0.957. The Morgan fingerprint density at radius 2 is 1.89 bits per heavy atom. The van der Waals surface area contributed by atoms with Crippen LogP contribution in [0.1, 0.15) is 28.4 Å². The fraction of sp³-hybridized carbons (Fsp3) is 0.200. The predicted molar refractivity (Wildman–Crippen MR) is 98.9 cm³/mol. The van der Waals surface area contributed by atoms with Crippen LogP contribution >= 0.6 is 0 Å². The number of nitrogens with one attached hydrogen (secondary N) is 2. The highest BCUT2D eigenvalue weighted by Crippen LogP contribution is 2.13. The highest BCUT2D eigenvalue weighted by molar-refractivity contribution is 5.98.